The second-order valence-corrected chi connectivity index (χ2v) is 7.84. The third kappa shape index (κ3) is 4.99. The first-order valence-electron chi connectivity index (χ1n) is 11.0. The molecule has 3 aromatic rings. The Balaban J connectivity index is 1.31. The maximum atomic E-state index is 13.1. The molecule has 0 bridgehead atoms. The number of carbonyl (C=O) groups excluding carboxylic acids is 2. The lowest BCUT2D eigenvalue weighted by atomic mass is 10.1. The van der Waals surface area contributed by atoms with Crippen LogP contribution in [0.2, 0.25) is 0 Å². The van der Waals surface area contributed by atoms with E-state index >= 15 is 0 Å². The van der Waals surface area contributed by atoms with Crippen LogP contribution in [0.1, 0.15) is 28.9 Å². The SMILES string of the molecule is COc1cn(-c2ccccc2)nc1C(=O)N1CCN(C(=O)CCCc2ccccc2)CC1. The minimum atomic E-state index is -0.173. The zero-order valence-corrected chi connectivity index (χ0v) is 18.3. The third-order valence-electron chi connectivity index (χ3n) is 5.74. The van der Waals surface area contributed by atoms with Gasteiger partial charge >= 0.3 is 0 Å². The molecule has 1 aliphatic heterocycles. The van der Waals surface area contributed by atoms with Gasteiger partial charge in [-0.2, -0.15) is 5.10 Å². The lowest BCUT2D eigenvalue weighted by Gasteiger charge is -2.34. The van der Waals surface area contributed by atoms with Crippen molar-refractivity contribution in [2.75, 3.05) is 33.3 Å². The smallest absolute Gasteiger partial charge is 0.278 e. The molecule has 0 spiro atoms. The van der Waals surface area contributed by atoms with Gasteiger partial charge in [-0.15, -0.1) is 0 Å². The van der Waals surface area contributed by atoms with Gasteiger partial charge in [-0.25, -0.2) is 4.68 Å². The molecular formula is C25H28N4O3. The van der Waals surface area contributed by atoms with Crippen LogP contribution in [0.3, 0.4) is 0 Å². The largest absolute Gasteiger partial charge is 0.493 e. The highest BCUT2D eigenvalue weighted by Crippen LogP contribution is 2.22. The molecule has 0 saturated carbocycles. The van der Waals surface area contributed by atoms with E-state index in [1.54, 1.807) is 15.8 Å². The Morgan fingerprint density at radius 3 is 2.19 bits per heavy atom. The fourth-order valence-electron chi connectivity index (χ4n) is 3.92. The molecule has 0 aliphatic carbocycles. The molecule has 1 aliphatic rings. The number of aryl methyl sites for hydroxylation is 1. The summed E-state index contributed by atoms with van der Waals surface area (Å²) in [7, 11) is 1.54. The molecule has 7 heteroatoms. The summed E-state index contributed by atoms with van der Waals surface area (Å²) < 4.78 is 7.06. The summed E-state index contributed by atoms with van der Waals surface area (Å²) in [5.41, 5.74) is 2.40. The minimum Gasteiger partial charge on any atom is -0.493 e. The highest BCUT2D eigenvalue weighted by Gasteiger charge is 2.28. The van der Waals surface area contributed by atoms with Crippen molar-refractivity contribution in [1.82, 2.24) is 19.6 Å². The summed E-state index contributed by atoms with van der Waals surface area (Å²) in [6, 6.07) is 19.8. The average molecular weight is 433 g/mol. The highest BCUT2D eigenvalue weighted by molar-refractivity contribution is 5.95. The van der Waals surface area contributed by atoms with E-state index in [1.165, 1.54) is 12.7 Å². The predicted molar refractivity (Wildman–Crippen MR) is 122 cm³/mol. The van der Waals surface area contributed by atoms with Crippen molar-refractivity contribution in [2.24, 2.45) is 0 Å². The molecule has 0 unspecified atom stereocenters. The third-order valence-corrected chi connectivity index (χ3v) is 5.74. The highest BCUT2D eigenvalue weighted by atomic mass is 16.5. The van der Waals surface area contributed by atoms with Gasteiger partial charge in [0.1, 0.15) is 0 Å². The fourth-order valence-corrected chi connectivity index (χ4v) is 3.92. The van der Waals surface area contributed by atoms with Gasteiger partial charge in [0.2, 0.25) is 5.91 Å². The van der Waals surface area contributed by atoms with Gasteiger partial charge in [0, 0.05) is 32.6 Å². The zero-order valence-electron chi connectivity index (χ0n) is 18.3. The van der Waals surface area contributed by atoms with E-state index < -0.39 is 0 Å². The molecule has 166 valence electrons. The zero-order chi connectivity index (χ0) is 22.3. The molecule has 1 saturated heterocycles. The summed E-state index contributed by atoms with van der Waals surface area (Å²) in [4.78, 5) is 29.3. The van der Waals surface area contributed by atoms with Crippen molar-refractivity contribution in [2.45, 2.75) is 19.3 Å². The number of para-hydroxylation sites is 1. The second kappa shape index (κ2) is 10.1. The van der Waals surface area contributed by atoms with Gasteiger partial charge < -0.3 is 14.5 Å². The van der Waals surface area contributed by atoms with Crippen molar-refractivity contribution in [1.29, 1.82) is 0 Å². The number of ether oxygens (including phenoxy) is 1. The quantitative estimate of drug-likeness (QED) is 0.575. The molecule has 2 heterocycles. The maximum absolute atomic E-state index is 13.1. The number of hydrogen-bond acceptors (Lipinski definition) is 4. The standard InChI is InChI=1S/C25H28N4O3/c1-32-22-19-29(21-12-6-3-7-13-21)26-24(22)25(31)28-17-15-27(16-18-28)23(30)14-8-11-20-9-4-2-5-10-20/h2-7,9-10,12-13,19H,8,11,14-18H2,1H3. The number of piperazine rings is 1. The number of aromatic nitrogens is 2. The summed E-state index contributed by atoms with van der Waals surface area (Å²) in [6.07, 6.45) is 3.97. The lowest BCUT2D eigenvalue weighted by Crippen LogP contribution is -2.50. The van der Waals surface area contributed by atoms with Gasteiger partial charge in [-0.3, -0.25) is 9.59 Å². The van der Waals surface area contributed by atoms with E-state index in [0.29, 0.717) is 44.0 Å². The number of hydrogen-bond donors (Lipinski definition) is 0. The van der Waals surface area contributed by atoms with Crippen molar-refractivity contribution in [3.8, 4) is 11.4 Å². The van der Waals surface area contributed by atoms with Crippen LogP contribution in [-0.4, -0.2) is 64.7 Å². The Morgan fingerprint density at radius 1 is 0.906 bits per heavy atom. The average Bonchev–Trinajstić information content (AvgIpc) is 3.29. The Kier molecular flexibility index (Phi) is 6.84. The molecule has 1 aromatic heterocycles. The van der Waals surface area contributed by atoms with Crippen LogP contribution in [0.15, 0.2) is 66.9 Å². The van der Waals surface area contributed by atoms with Crippen molar-refractivity contribution < 1.29 is 14.3 Å². The molecule has 0 radical (unpaired) electrons. The molecule has 32 heavy (non-hydrogen) atoms. The monoisotopic (exact) mass is 432 g/mol. The molecule has 7 nitrogen and oxygen atoms in total. The Morgan fingerprint density at radius 2 is 1.53 bits per heavy atom. The first kappa shape index (κ1) is 21.6. The normalized spacial score (nSPS) is 13.8. The van der Waals surface area contributed by atoms with E-state index in [4.69, 9.17) is 4.74 Å². The van der Waals surface area contributed by atoms with Gasteiger partial charge in [0.05, 0.1) is 19.0 Å². The van der Waals surface area contributed by atoms with Gasteiger partial charge in [0.15, 0.2) is 11.4 Å². The minimum absolute atomic E-state index is 0.152. The van der Waals surface area contributed by atoms with Crippen LogP contribution >= 0.6 is 0 Å². The number of methoxy groups -OCH3 is 1. The van der Waals surface area contributed by atoms with E-state index in [0.717, 1.165) is 18.5 Å². The Bertz CT molecular complexity index is 1040. The van der Waals surface area contributed by atoms with E-state index in [1.807, 2.05) is 53.4 Å². The Labute approximate surface area is 188 Å². The first-order chi connectivity index (χ1) is 15.7. The molecule has 1 fully saturated rings. The summed E-state index contributed by atoms with van der Waals surface area (Å²) in [5.74, 6) is 0.421. The van der Waals surface area contributed by atoms with Crippen molar-refractivity contribution in [3.63, 3.8) is 0 Å². The second-order valence-electron chi connectivity index (χ2n) is 7.84. The summed E-state index contributed by atoms with van der Waals surface area (Å²) in [5, 5.41) is 4.47. The molecular weight excluding hydrogens is 404 g/mol. The van der Waals surface area contributed by atoms with Crippen LogP contribution in [0.4, 0.5) is 0 Å². The van der Waals surface area contributed by atoms with Crippen molar-refractivity contribution >= 4 is 11.8 Å². The number of carbonyl (C=O) groups is 2. The number of amides is 2. The molecule has 0 atom stereocenters. The molecule has 2 amide bonds. The van der Waals surface area contributed by atoms with Crippen molar-refractivity contribution in [3.05, 3.63) is 78.1 Å². The van der Waals surface area contributed by atoms with E-state index in [9.17, 15) is 9.59 Å². The topological polar surface area (TPSA) is 67.7 Å². The number of benzene rings is 2. The van der Waals surface area contributed by atoms with Crippen LogP contribution < -0.4 is 4.74 Å². The van der Waals surface area contributed by atoms with Crippen LogP contribution in [0, 0.1) is 0 Å². The van der Waals surface area contributed by atoms with Gasteiger partial charge in [0.25, 0.3) is 5.91 Å². The fraction of sp³-hybridized carbons (Fsp3) is 0.320. The van der Waals surface area contributed by atoms with Crippen LogP contribution in [0.25, 0.3) is 5.69 Å². The van der Waals surface area contributed by atoms with Gasteiger partial charge in [-0.1, -0.05) is 48.5 Å². The summed E-state index contributed by atoms with van der Waals surface area (Å²) >= 11 is 0. The van der Waals surface area contributed by atoms with E-state index in [-0.39, 0.29) is 11.8 Å². The maximum Gasteiger partial charge on any atom is 0.278 e. The van der Waals surface area contributed by atoms with Gasteiger partial charge in [-0.05, 0) is 30.5 Å². The lowest BCUT2D eigenvalue weighted by molar-refractivity contribution is -0.132. The molecule has 4 rings (SSSR count). The number of rotatable bonds is 7. The first-order valence-corrected chi connectivity index (χ1v) is 11.0. The summed E-state index contributed by atoms with van der Waals surface area (Å²) in [6.45, 7) is 2.06. The van der Waals surface area contributed by atoms with E-state index in [2.05, 4.69) is 17.2 Å². The number of nitrogens with zero attached hydrogens (tertiary/aromatic N) is 4. The molecule has 0 N–H and O–H groups in total. The predicted octanol–water partition coefficient (Wildman–Crippen LogP) is 3.19. The Hall–Kier alpha value is -3.61. The molecule has 2 aromatic carbocycles. The van der Waals surface area contributed by atoms with Crippen LogP contribution in [-0.2, 0) is 11.2 Å². The van der Waals surface area contributed by atoms with Crippen LogP contribution in [0.5, 0.6) is 5.75 Å².